The predicted molar refractivity (Wildman–Crippen MR) is 106 cm³/mol. The SMILES string of the molecule is CC1CCCC(N2CCN(Cc3ccc4c(c3)OCO4)CC2)C1.O=C(O)C(=O)O. The Balaban J connectivity index is 0.000000353. The number of nitrogens with zero attached hydrogens (tertiary/aromatic N) is 2. The summed E-state index contributed by atoms with van der Waals surface area (Å²) in [4.78, 5) is 23.5. The summed E-state index contributed by atoms with van der Waals surface area (Å²) in [5, 5.41) is 14.8. The highest BCUT2D eigenvalue weighted by molar-refractivity contribution is 6.27. The van der Waals surface area contributed by atoms with Gasteiger partial charge < -0.3 is 19.7 Å². The summed E-state index contributed by atoms with van der Waals surface area (Å²) in [6, 6.07) is 7.18. The molecule has 2 heterocycles. The van der Waals surface area contributed by atoms with Crippen molar-refractivity contribution >= 4 is 11.9 Å². The zero-order valence-corrected chi connectivity index (χ0v) is 16.9. The molecule has 2 aliphatic heterocycles. The van der Waals surface area contributed by atoms with E-state index >= 15 is 0 Å². The van der Waals surface area contributed by atoms with Crippen LogP contribution in [0.25, 0.3) is 0 Å². The molecule has 0 amide bonds. The molecule has 2 unspecified atom stereocenters. The summed E-state index contributed by atoms with van der Waals surface area (Å²) in [7, 11) is 0. The largest absolute Gasteiger partial charge is 0.473 e. The lowest BCUT2D eigenvalue weighted by molar-refractivity contribution is -0.159. The zero-order valence-electron chi connectivity index (χ0n) is 16.9. The van der Waals surface area contributed by atoms with Gasteiger partial charge in [0.15, 0.2) is 11.5 Å². The lowest BCUT2D eigenvalue weighted by Gasteiger charge is -2.42. The second kappa shape index (κ2) is 9.93. The van der Waals surface area contributed by atoms with Crippen LogP contribution in [0.2, 0.25) is 0 Å². The lowest BCUT2D eigenvalue weighted by atomic mass is 9.86. The van der Waals surface area contributed by atoms with E-state index in [2.05, 4.69) is 28.9 Å². The van der Waals surface area contributed by atoms with Gasteiger partial charge in [-0.15, -0.1) is 0 Å². The summed E-state index contributed by atoms with van der Waals surface area (Å²) in [6.45, 7) is 8.60. The summed E-state index contributed by atoms with van der Waals surface area (Å²) < 4.78 is 10.9. The van der Waals surface area contributed by atoms with Crippen molar-refractivity contribution in [3.63, 3.8) is 0 Å². The van der Waals surface area contributed by atoms with Crippen LogP contribution in [0.5, 0.6) is 11.5 Å². The van der Waals surface area contributed by atoms with Crippen LogP contribution in [0.3, 0.4) is 0 Å². The number of benzene rings is 1. The minimum Gasteiger partial charge on any atom is -0.473 e. The Hall–Kier alpha value is -2.32. The number of ether oxygens (including phenoxy) is 2. The first-order valence-corrected chi connectivity index (χ1v) is 10.2. The number of rotatable bonds is 3. The Labute approximate surface area is 171 Å². The van der Waals surface area contributed by atoms with Crippen LogP contribution >= 0.6 is 0 Å². The van der Waals surface area contributed by atoms with Gasteiger partial charge in [0.1, 0.15) is 0 Å². The Morgan fingerprint density at radius 2 is 1.72 bits per heavy atom. The maximum atomic E-state index is 9.10. The van der Waals surface area contributed by atoms with E-state index in [1.54, 1.807) is 0 Å². The van der Waals surface area contributed by atoms with Crippen molar-refractivity contribution in [2.24, 2.45) is 5.92 Å². The number of carboxylic acid groups (broad SMARTS) is 2. The smallest absolute Gasteiger partial charge is 0.414 e. The number of piperazine rings is 1. The number of carboxylic acids is 2. The number of hydrogen-bond donors (Lipinski definition) is 2. The summed E-state index contributed by atoms with van der Waals surface area (Å²) >= 11 is 0. The molecule has 0 spiro atoms. The summed E-state index contributed by atoms with van der Waals surface area (Å²) in [6.07, 6.45) is 5.67. The Morgan fingerprint density at radius 1 is 1.03 bits per heavy atom. The van der Waals surface area contributed by atoms with Crippen LogP contribution in [0.4, 0.5) is 0 Å². The summed E-state index contributed by atoms with van der Waals surface area (Å²) in [5.74, 6) is -0.951. The first-order valence-electron chi connectivity index (χ1n) is 10.2. The van der Waals surface area contributed by atoms with Crippen molar-refractivity contribution in [1.29, 1.82) is 0 Å². The van der Waals surface area contributed by atoms with Crippen LogP contribution in [0, 0.1) is 5.92 Å². The van der Waals surface area contributed by atoms with Crippen LogP contribution in [0.1, 0.15) is 38.2 Å². The van der Waals surface area contributed by atoms with Crippen LogP contribution in [-0.4, -0.2) is 71.0 Å². The van der Waals surface area contributed by atoms with E-state index in [1.165, 1.54) is 57.4 Å². The second-order valence-electron chi connectivity index (χ2n) is 8.04. The van der Waals surface area contributed by atoms with E-state index in [9.17, 15) is 0 Å². The van der Waals surface area contributed by atoms with E-state index in [1.807, 2.05) is 6.07 Å². The zero-order chi connectivity index (χ0) is 20.8. The van der Waals surface area contributed by atoms with Crippen LogP contribution < -0.4 is 9.47 Å². The fourth-order valence-corrected chi connectivity index (χ4v) is 4.32. The molecule has 0 radical (unpaired) electrons. The fourth-order valence-electron chi connectivity index (χ4n) is 4.32. The van der Waals surface area contributed by atoms with Gasteiger partial charge in [-0.05, 0) is 36.5 Å². The number of carbonyl (C=O) groups is 2. The number of hydrogen-bond acceptors (Lipinski definition) is 6. The molecule has 29 heavy (non-hydrogen) atoms. The van der Waals surface area contributed by atoms with Crippen LogP contribution in [0.15, 0.2) is 18.2 Å². The maximum absolute atomic E-state index is 9.10. The average Bonchev–Trinajstić information content (AvgIpc) is 3.17. The lowest BCUT2D eigenvalue weighted by Crippen LogP contribution is -2.50. The third-order valence-corrected chi connectivity index (χ3v) is 5.86. The van der Waals surface area contributed by atoms with E-state index < -0.39 is 11.9 Å². The highest BCUT2D eigenvalue weighted by Gasteiger charge is 2.27. The third kappa shape index (κ3) is 6.08. The fraction of sp³-hybridized carbons (Fsp3) is 0.619. The average molecular weight is 406 g/mol. The van der Waals surface area contributed by atoms with Gasteiger partial charge in [-0.25, -0.2) is 9.59 Å². The molecular weight excluding hydrogens is 376 g/mol. The van der Waals surface area contributed by atoms with Gasteiger partial charge in [0.25, 0.3) is 0 Å². The molecule has 2 N–H and O–H groups in total. The Bertz CT molecular complexity index is 705. The topological polar surface area (TPSA) is 99.5 Å². The van der Waals surface area contributed by atoms with Crippen molar-refractivity contribution in [2.45, 2.75) is 45.2 Å². The molecule has 0 aromatic heterocycles. The first kappa shape index (κ1) is 21.4. The minimum atomic E-state index is -1.82. The highest BCUT2D eigenvalue weighted by Crippen LogP contribution is 2.33. The standard InChI is InChI=1S/C19H28N2O2.C2H2O4/c1-15-3-2-4-17(11-15)21-9-7-20(8-10-21)13-16-5-6-18-19(12-16)23-14-22-18;3-1(4)2(5)6/h5-6,12,15,17H,2-4,7-11,13-14H2,1H3;(H,3,4)(H,5,6). The van der Waals surface area contributed by atoms with Gasteiger partial charge in [0.05, 0.1) is 0 Å². The monoisotopic (exact) mass is 406 g/mol. The molecule has 1 saturated carbocycles. The van der Waals surface area contributed by atoms with Crippen molar-refractivity contribution in [3.8, 4) is 11.5 Å². The maximum Gasteiger partial charge on any atom is 0.414 e. The van der Waals surface area contributed by atoms with E-state index in [-0.39, 0.29) is 0 Å². The normalized spacial score (nSPS) is 24.4. The van der Waals surface area contributed by atoms with Crippen LogP contribution in [-0.2, 0) is 16.1 Å². The van der Waals surface area contributed by atoms with Gasteiger partial charge in [-0.2, -0.15) is 0 Å². The highest BCUT2D eigenvalue weighted by atomic mass is 16.7. The quantitative estimate of drug-likeness (QED) is 0.738. The molecule has 0 bridgehead atoms. The number of aliphatic carboxylic acids is 2. The predicted octanol–water partition coefficient (Wildman–Crippen LogP) is 2.27. The molecule has 160 valence electrons. The molecule has 3 aliphatic rings. The molecule has 8 nitrogen and oxygen atoms in total. The van der Waals surface area contributed by atoms with Gasteiger partial charge in [0, 0.05) is 38.8 Å². The molecule has 8 heteroatoms. The van der Waals surface area contributed by atoms with E-state index in [0.717, 1.165) is 30.0 Å². The van der Waals surface area contributed by atoms with E-state index in [4.69, 9.17) is 29.3 Å². The van der Waals surface area contributed by atoms with Gasteiger partial charge in [-0.3, -0.25) is 9.80 Å². The van der Waals surface area contributed by atoms with Gasteiger partial charge >= 0.3 is 11.9 Å². The van der Waals surface area contributed by atoms with E-state index in [0.29, 0.717) is 6.79 Å². The Kier molecular flexibility index (Phi) is 7.33. The molecule has 2 atom stereocenters. The molecule has 1 aromatic rings. The second-order valence-corrected chi connectivity index (χ2v) is 8.04. The Morgan fingerprint density at radius 3 is 2.38 bits per heavy atom. The summed E-state index contributed by atoms with van der Waals surface area (Å²) in [5.41, 5.74) is 1.33. The van der Waals surface area contributed by atoms with Gasteiger partial charge in [0.2, 0.25) is 6.79 Å². The van der Waals surface area contributed by atoms with Crippen molar-refractivity contribution in [2.75, 3.05) is 33.0 Å². The molecule has 4 rings (SSSR count). The molecule has 1 aromatic carbocycles. The van der Waals surface area contributed by atoms with Crippen molar-refractivity contribution in [1.82, 2.24) is 9.80 Å². The van der Waals surface area contributed by atoms with Gasteiger partial charge in [-0.1, -0.05) is 25.8 Å². The van der Waals surface area contributed by atoms with Crippen molar-refractivity contribution < 1.29 is 29.3 Å². The molecule has 2 fully saturated rings. The third-order valence-electron chi connectivity index (χ3n) is 5.86. The molecule has 1 aliphatic carbocycles. The minimum absolute atomic E-state index is 0.358. The molecular formula is C21H30N2O6. The van der Waals surface area contributed by atoms with Crippen molar-refractivity contribution in [3.05, 3.63) is 23.8 Å². The first-order chi connectivity index (χ1) is 13.9. The molecule has 1 saturated heterocycles. The number of fused-ring (bicyclic) bond motifs is 1.